The number of phenols is 1. The quantitative estimate of drug-likeness (QED) is 0.519. The van der Waals surface area contributed by atoms with E-state index in [0.717, 1.165) is 16.3 Å². The first-order valence-electron chi connectivity index (χ1n) is 7.93. The Morgan fingerprint density at radius 1 is 1.22 bits per heavy atom. The summed E-state index contributed by atoms with van der Waals surface area (Å²) in [7, 11) is 0. The van der Waals surface area contributed by atoms with Gasteiger partial charge in [0.15, 0.2) is 6.61 Å². The predicted molar refractivity (Wildman–Crippen MR) is 103 cm³/mol. The lowest BCUT2D eigenvalue weighted by Crippen LogP contribution is -2.17. The number of benzene rings is 3. The summed E-state index contributed by atoms with van der Waals surface area (Å²) in [5.41, 5.74) is 3.48. The fraction of sp³-hybridized carbons (Fsp3) is 0.0500. The number of carbonyl (C=O) groups is 1. The number of halogens is 1. The molecule has 6 nitrogen and oxygen atoms in total. The fourth-order valence-corrected chi connectivity index (χ4v) is 2.70. The zero-order valence-electron chi connectivity index (χ0n) is 14.0. The highest BCUT2D eigenvalue weighted by Gasteiger charge is 2.08. The third-order valence-electron chi connectivity index (χ3n) is 3.79. The number of hydrogen-bond donors (Lipinski definition) is 2. The lowest BCUT2D eigenvalue weighted by molar-refractivity contribution is 0.0955. The normalized spacial score (nSPS) is 10.7. The van der Waals surface area contributed by atoms with E-state index in [4.69, 9.17) is 21.6 Å². The third kappa shape index (κ3) is 4.17. The van der Waals surface area contributed by atoms with Crippen LogP contribution in [0.15, 0.2) is 59.7 Å². The lowest BCUT2D eigenvalue weighted by atomic mass is 10.0. The predicted octanol–water partition coefficient (Wildman–Crippen LogP) is 3.87. The molecule has 27 heavy (non-hydrogen) atoms. The van der Waals surface area contributed by atoms with Crippen molar-refractivity contribution in [3.8, 4) is 17.6 Å². The Morgan fingerprint density at radius 3 is 2.74 bits per heavy atom. The minimum absolute atomic E-state index is 0.0390. The summed E-state index contributed by atoms with van der Waals surface area (Å²) < 4.78 is 5.44. The number of nitriles is 1. The average Bonchev–Trinajstić information content (AvgIpc) is 2.69. The number of aromatic hydroxyl groups is 1. The monoisotopic (exact) mass is 379 g/mol. The van der Waals surface area contributed by atoms with Gasteiger partial charge in [-0.05, 0) is 35.7 Å². The first kappa shape index (κ1) is 18.2. The molecule has 3 aromatic rings. The maximum absolute atomic E-state index is 12.1. The highest BCUT2D eigenvalue weighted by atomic mass is 35.5. The van der Waals surface area contributed by atoms with Crippen LogP contribution in [-0.4, -0.2) is 23.8 Å². The largest absolute Gasteiger partial charge is 0.506 e. The van der Waals surface area contributed by atoms with Crippen LogP contribution >= 0.6 is 11.6 Å². The first-order valence-corrected chi connectivity index (χ1v) is 8.31. The summed E-state index contributed by atoms with van der Waals surface area (Å²) in [5.74, 6) is 0.0559. The van der Waals surface area contributed by atoms with Crippen LogP contribution in [0, 0.1) is 11.3 Å². The van der Waals surface area contributed by atoms with Gasteiger partial charge in [-0.3, -0.25) is 4.79 Å². The van der Waals surface area contributed by atoms with Gasteiger partial charge in [-0.15, -0.1) is 0 Å². The van der Waals surface area contributed by atoms with Crippen molar-refractivity contribution in [3.05, 3.63) is 70.7 Å². The van der Waals surface area contributed by atoms with Gasteiger partial charge >= 0.3 is 0 Å². The number of ether oxygens (including phenoxy) is 1. The number of hydrazone groups is 1. The van der Waals surface area contributed by atoms with E-state index >= 15 is 0 Å². The van der Waals surface area contributed by atoms with Gasteiger partial charge in [0.2, 0.25) is 0 Å². The molecule has 0 fully saturated rings. The summed E-state index contributed by atoms with van der Waals surface area (Å²) in [6.07, 6.45) is 1.52. The molecule has 0 heterocycles. The Hall–Kier alpha value is -3.56. The summed E-state index contributed by atoms with van der Waals surface area (Å²) in [4.78, 5) is 12.1. The van der Waals surface area contributed by atoms with E-state index in [-0.39, 0.29) is 22.9 Å². The molecule has 0 aliphatic carbocycles. The molecule has 0 aliphatic rings. The maximum Gasteiger partial charge on any atom is 0.271 e. The molecule has 134 valence electrons. The number of amides is 1. The van der Waals surface area contributed by atoms with Crippen LogP contribution in [0.4, 0.5) is 0 Å². The van der Waals surface area contributed by atoms with Crippen LogP contribution in [0.1, 0.15) is 15.9 Å². The molecule has 3 aromatic carbocycles. The zero-order chi connectivity index (χ0) is 19.2. The average molecular weight is 380 g/mol. The van der Waals surface area contributed by atoms with Gasteiger partial charge in [0.05, 0.1) is 11.2 Å². The molecular weight excluding hydrogens is 366 g/mol. The smallest absolute Gasteiger partial charge is 0.271 e. The van der Waals surface area contributed by atoms with Crippen LogP contribution in [-0.2, 0) is 0 Å². The van der Waals surface area contributed by atoms with E-state index in [1.165, 1.54) is 24.4 Å². The number of carbonyl (C=O) groups excluding carboxylic acids is 1. The standard InChI is InChI=1S/C20H14ClN3O3/c21-17-11-13(5-7-18(17)25)20(26)24-23-12-14-6-8-19(27-10-9-22)16-4-2-1-3-15(14)16/h1-8,11-12,25H,10H2,(H,24,26)/b23-12+. The summed E-state index contributed by atoms with van der Waals surface area (Å²) >= 11 is 5.80. The van der Waals surface area contributed by atoms with Crippen LogP contribution in [0.5, 0.6) is 11.5 Å². The summed E-state index contributed by atoms with van der Waals surface area (Å²) in [6.45, 7) is -0.0390. The van der Waals surface area contributed by atoms with Gasteiger partial charge in [-0.1, -0.05) is 35.9 Å². The molecule has 2 N–H and O–H groups in total. The molecule has 0 aromatic heterocycles. The molecule has 0 radical (unpaired) electrons. The van der Waals surface area contributed by atoms with E-state index < -0.39 is 5.91 Å². The summed E-state index contributed by atoms with van der Waals surface area (Å²) in [5, 5.41) is 23.9. The van der Waals surface area contributed by atoms with E-state index in [9.17, 15) is 9.90 Å². The Labute approximate surface area is 160 Å². The van der Waals surface area contributed by atoms with Crippen molar-refractivity contribution in [3.63, 3.8) is 0 Å². The Morgan fingerprint density at radius 2 is 2.00 bits per heavy atom. The van der Waals surface area contributed by atoms with Crippen LogP contribution in [0.3, 0.4) is 0 Å². The lowest BCUT2D eigenvalue weighted by Gasteiger charge is -2.08. The fourth-order valence-electron chi connectivity index (χ4n) is 2.52. The second-order valence-electron chi connectivity index (χ2n) is 5.51. The van der Waals surface area contributed by atoms with E-state index in [1.54, 1.807) is 12.1 Å². The second-order valence-corrected chi connectivity index (χ2v) is 5.92. The highest BCUT2D eigenvalue weighted by molar-refractivity contribution is 6.32. The van der Waals surface area contributed by atoms with Crippen LogP contribution in [0.2, 0.25) is 5.02 Å². The molecule has 0 unspecified atom stereocenters. The molecule has 1 amide bonds. The van der Waals surface area contributed by atoms with Crippen molar-refractivity contribution in [2.45, 2.75) is 0 Å². The van der Waals surface area contributed by atoms with Crippen LogP contribution in [0.25, 0.3) is 10.8 Å². The number of rotatable bonds is 5. The highest BCUT2D eigenvalue weighted by Crippen LogP contribution is 2.28. The molecule has 0 atom stereocenters. The summed E-state index contributed by atoms with van der Waals surface area (Å²) in [6, 6.07) is 17.2. The molecule has 0 saturated heterocycles. The van der Waals surface area contributed by atoms with Crippen molar-refractivity contribution in [2.24, 2.45) is 5.10 Å². The van der Waals surface area contributed by atoms with E-state index in [1.807, 2.05) is 30.3 Å². The SMILES string of the molecule is N#CCOc1ccc(/C=N/NC(=O)c2ccc(O)c(Cl)c2)c2ccccc12. The van der Waals surface area contributed by atoms with Crippen molar-refractivity contribution in [1.82, 2.24) is 5.43 Å². The minimum Gasteiger partial charge on any atom is -0.506 e. The molecule has 0 saturated carbocycles. The van der Waals surface area contributed by atoms with Gasteiger partial charge in [0.25, 0.3) is 5.91 Å². The van der Waals surface area contributed by atoms with Crippen molar-refractivity contribution < 1.29 is 14.6 Å². The molecule has 3 rings (SSSR count). The van der Waals surface area contributed by atoms with Gasteiger partial charge in [0, 0.05) is 16.5 Å². The second kappa shape index (κ2) is 8.21. The van der Waals surface area contributed by atoms with Gasteiger partial charge in [-0.25, -0.2) is 5.43 Å². The molecule has 0 spiro atoms. The Balaban J connectivity index is 1.81. The van der Waals surface area contributed by atoms with Gasteiger partial charge < -0.3 is 9.84 Å². The van der Waals surface area contributed by atoms with Crippen molar-refractivity contribution in [2.75, 3.05) is 6.61 Å². The van der Waals surface area contributed by atoms with Crippen molar-refractivity contribution >= 4 is 34.5 Å². The maximum atomic E-state index is 12.1. The molecular formula is C20H14ClN3O3. The van der Waals surface area contributed by atoms with Gasteiger partial charge in [0.1, 0.15) is 17.6 Å². The third-order valence-corrected chi connectivity index (χ3v) is 4.09. The van der Waals surface area contributed by atoms with E-state index in [0.29, 0.717) is 5.75 Å². The van der Waals surface area contributed by atoms with Crippen molar-refractivity contribution in [1.29, 1.82) is 5.26 Å². The number of fused-ring (bicyclic) bond motifs is 1. The molecule has 0 aliphatic heterocycles. The number of nitrogens with one attached hydrogen (secondary N) is 1. The number of phenolic OH excluding ortho intramolecular Hbond substituents is 1. The van der Waals surface area contributed by atoms with E-state index in [2.05, 4.69) is 10.5 Å². The van der Waals surface area contributed by atoms with Crippen LogP contribution < -0.4 is 10.2 Å². The molecule has 0 bridgehead atoms. The number of hydrogen-bond acceptors (Lipinski definition) is 5. The first-order chi connectivity index (χ1) is 13.1. The Bertz CT molecular complexity index is 1070. The Kier molecular flexibility index (Phi) is 5.55. The zero-order valence-corrected chi connectivity index (χ0v) is 14.8. The topological polar surface area (TPSA) is 94.7 Å². The number of nitrogens with zero attached hydrogens (tertiary/aromatic N) is 2. The molecule has 7 heteroatoms. The minimum atomic E-state index is -0.452. The van der Waals surface area contributed by atoms with Gasteiger partial charge in [-0.2, -0.15) is 10.4 Å².